The second-order valence-electron chi connectivity index (χ2n) is 5.66. The Morgan fingerprint density at radius 2 is 1.68 bits per heavy atom. The highest BCUT2D eigenvalue weighted by molar-refractivity contribution is 7.92. The zero-order valence-electron chi connectivity index (χ0n) is 13.9. The summed E-state index contributed by atoms with van der Waals surface area (Å²) < 4.78 is 32.1. The molecule has 2 aromatic carbocycles. The van der Waals surface area contributed by atoms with Crippen molar-refractivity contribution < 1.29 is 12.8 Å². The maximum absolute atomic E-state index is 12.2. The van der Waals surface area contributed by atoms with Crippen molar-refractivity contribution >= 4 is 21.7 Å². The molecule has 0 bridgehead atoms. The Bertz CT molecular complexity index is 936. The van der Waals surface area contributed by atoms with Crippen molar-refractivity contribution in [2.75, 3.05) is 23.7 Å². The second-order valence-corrected chi connectivity index (χ2v) is 7.34. The van der Waals surface area contributed by atoms with Crippen LogP contribution >= 0.6 is 0 Å². The van der Waals surface area contributed by atoms with Crippen molar-refractivity contribution in [3.8, 4) is 0 Å². The predicted octanol–water partition coefficient (Wildman–Crippen LogP) is 2.53. The summed E-state index contributed by atoms with van der Waals surface area (Å²) in [7, 11) is 0.201. The van der Waals surface area contributed by atoms with Crippen LogP contribution in [0.3, 0.4) is 0 Å². The molecule has 0 radical (unpaired) electrons. The molecule has 0 aliphatic rings. The van der Waals surface area contributed by atoms with E-state index in [1.165, 1.54) is 12.1 Å². The number of nitrogens with zero attached hydrogens (tertiary/aromatic N) is 3. The Morgan fingerprint density at radius 1 is 1.00 bits per heavy atom. The van der Waals surface area contributed by atoms with Gasteiger partial charge in [0.15, 0.2) is 0 Å². The lowest BCUT2D eigenvalue weighted by atomic mass is 10.1. The third-order valence-electron chi connectivity index (χ3n) is 3.55. The summed E-state index contributed by atoms with van der Waals surface area (Å²) in [5, 5.41) is 7.65. The van der Waals surface area contributed by atoms with Crippen LogP contribution in [0, 0.1) is 0 Å². The summed E-state index contributed by atoms with van der Waals surface area (Å²) in [6.45, 7) is 0. The fourth-order valence-electron chi connectivity index (χ4n) is 2.23. The van der Waals surface area contributed by atoms with Gasteiger partial charge in [-0.05, 0) is 29.8 Å². The molecule has 0 atom stereocenters. The van der Waals surface area contributed by atoms with Gasteiger partial charge >= 0.3 is 6.01 Å². The molecule has 0 amide bonds. The van der Waals surface area contributed by atoms with E-state index in [2.05, 4.69) is 14.9 Å². The van der Waals surface area contributed by atoms with Gasteiger partial charge in [0.25, 0.3) is 10.0 Å². The summed E-state index contributed by atoms with van der Waals surface area (Å²) in [6, 6.07) is 15.8. The van der Waals surface area contributed by atoms with Crippen LogP contribution in [-0.4, -0.2) is 32.7 Å². The Morgan fingerprint density at radius 3 is 2.32 bits per heavy atom. The highest BCUT2D eigenvalue weighted by Gasteiger charge is 2.17. The lowest BCUT2D eigenvalue weighted by Crippen LogP contribution is -2.12. The van der Waals surface area contributed by atoms with Gasteiger partial charge in [0, 0.05) is 19.8 Å². The van der Waals surface area contributed by atoms with Gasteiger partial charge in [-0.2, -0.15) is 0 Å². The average Bonchev–Trinajstić information content (AvgIpc) is 3.02. The first-order chi connectivity index (χ1) is 11.9. The number of aromatic nitrogens is 2. The lowest BCUT2D eigenvalue weighted by molar-refractivity contribution is 0.520. The molecule has 0 saturated carbocycles. The SMILES string of the molecule is CN(C)c1ccc(Cc2nnc(NS(=O)(=O)c3ccccc3)o2)cc1. The van der Waals surface area contributed by atoms with E-state index in [4.69, 9.17) is 4.42 Å². The van der Waals surface area contributed by atoms with Crippen molar-refractivity contribution in [2.24, 2.45) is 0 Å². The molecule has 3 aromatic rings. The largest absolute Gasteiger partial charge is 0.407 e. The molecule has 3 rings (SSSR count). The fraction of sp³-hybridized carbons (Fsp3) is 0.176. The summed E-state index contributed by atoms with van der Waals surface area (Å²) in [6.07, 6.45) is 0.424. The smallest absolute Gasteiger partial charge is 0.329 e. The Hall–Kier alpha value is -2.87. The normalized spacial score (nSPS) is 11.3. The van der Waals surface area contributed by atoms with E-state index in [9.17, 15) is 8.42 Å². The molecule has 0 spiro atoms. The van der Waals surface area contributed by atoms with E-state index in [-0.39, 0.29) is 10.9 Å². The number of hydrogen-bond donors (Lipinski definition) is 1. The van der Waals surface area contributed by atoms with Crippen LogP contribution in [0.2, 0.25) is 0 Å². The third-order valence-corrected chi connectivity index (χ3v) is 4.89. The molecule has 0 aliphatic heterocycles. The zero-order chi connectivity index (χ0) is 17.9. The minimum atomic E-state index is -3.74. The summed E-state index contributed by atoms with van der Waals surface area (Å²) in [5.74, 6) is 0.336. The van der Waals surface area contributed by atoms with Crippen molar-refractivity contribution in [1.82, 2.24) is 10.2 Å². The predicted molar refractivity (Wildman–Crippen MR) is 95.1 cm³/mol. The molecular weight excluding hydrogens is 340 g/mol. The van der Waals surface area contributed by atoms with Gasteiger partial charge in [-0.1, -0.05) is 35.4 Å². The maximum Gasteiger partial charge on any atom is 0.329 e. The Kier molecular flexibility index (Phi) is 4.71. The van der Waals surface area contributed by atoms with Crippen LogP contribution in [0.5, 0.6) is 0 Å². The molecule has 0 aliphatic carbocycles. The van der Waals surface area contributed by atoms with E-state index in [0.29, 0.717) is 12.3 Å². The first-order valence-electron chi connectivity index (χ1n) is 7.60. The number of anilines is 2. The second kappa shape index (κ2) is 6.94. The first-order valence-corrected chi connectivity index (χ1v) is 9.09. The number of benzene rings is 2. The minimum Gasteiger partial charge on any atom is -0.407 e. The minimum absolute atomic E-state index is 0.133. The van der Waals surface area contributed by atoms with Gasteiger partial charge in [0.05, 0.1) is 11.3 Å². The number of rotatable bonds is 6. The van der Waals surface area contributed by atoms with Gasteiger partial charge in [-0.15, -0.1) is 5.10 Å². The van der Waals surface area contributed by atoms with E-state index < -0.39 is 10.0 Å². The molecule has 25 heavy (non-hydrogen) atoms. The van der Waals surface area contributed by atoms with E-state index in [1.807, 2.05) is 43.3 Å². The van der Waals surface area contributed by atoms with Gasteiger partial charge in [-0.3, -0.25) is 0 Å². The van der Waals surface area contributed by atoms with Crippen molar-refractivity contribution in [3.05, 3.63) is 66.1 Å². The quantitative estimate of drug-likeness (QED) is 0.728. The van der Waals surface area contributed by atoms with Crippen LogP contribution in [-0.2, 0) is 16.4 Å². The lowest BCUT2D eigenvalue weighted by Gasteiger charge is -2.12. The molecule has 0 fully saturated rings. The van der Waals surface area contributed by atoms with Crippen LogP contribution < -0.4 is 9.62 Å². The van der Waals surface area contributed by atoms with Crippen LogP contribution in [0.25, 0.3) is 0 Å². The fourth-order valence-corrected chi connectivity index (χ4v) is 3.17. The molecule has 7 nitrogen and oxygen atoms in total. The van der Waals surface area contributed by atoms with Crippen LogP contribution in [0.4, 0.5) is 11.7 Å². The molecular formula is C17H18N4O3S. The highest BCUT2D eigenvalue weighted by Crippen LogP contribution is 2.18. The first kappa shape index (κ1) is 17.0. The van der Waals surface area contributed by atoms with Crippen molar-refractivity contribution in [3.63, 3.8) is 0 Å². The number of hydrogen-bond acceptors (Lipinski definition) is 6. The standard InChI is InChI=1S/C17H18N4O3S/c1-21(2)14-10-8-13(9-11-14)12-16-18-19-17(24-16)20-25(22,23)15-6-4-3-5-7-15/h3-11H,12H2,1-2H3,(H,19,20). The van der Waals surface area contributed by atoms with E-state index >= 15 is 0 Å². The highest BCUT2D eigenvalue weighted by atomic mass is 32.2. The molecule has 0 unspecified atom stereocenters. The zero-order valence-corrected chi connectivity index (χ0v) is 14.7. The Labute approximate surface area is 146 Å². The molecule has 1 heterocycles. The summed E-state index contributed by atoms with van der Waals surface area (Å²) in [4.78, 5) is 2.14. The molecule has 130 valence electrons. The molecule has 1 aromatic heterocycles. The monoisotopic (exact) mass is 358 g/mol. The average molecular weight is 358 g/mol. The van der Waals surface area contributed by atoms with Gasteiger partial charge in [-0.25, -0.2) is 13.1 Å². The van der Waals surface area contributed by atoms with Gasteiger partial charge in [0.2, 0.25) is 5.89 Å². The topological polar surface area (TPSA) is 88.3 Å². The van der Waals surface area contributed by atoms with E-state index in [1.54, 1.807) is 18.2 Å². The van der Waals surface area contributed by atoms with Crippen molar-refractivity contribution in [1.29, 1.82) is 0 Å². The van der Waals surface area contributed by atoms with Crippen LogP contribution in [0.15, 0.2) is 63.9 Å². The number of nitrogens with one attached hydrogen (secondary N) is 1. The Balaban J connectivity index is 1.70. The van der Waals surface area contributed by atoms with Gasteiger partial charge < -0.3 is 9.32 Å². The molecule has 0 saturated heterocycles. The molecule has 1 N–H and O–H groups in total. The third kappa shape index (κ3) is 4.16. The summed E-state index contributed by atoms with van der Waals surface area (Å²) in [5.41, 5.74) is 2.08. The number of sulfonamides is 1. The summed E-state index contributed by atoms with van der Waals surface area (Å²) >= 11 is 0. The van der Waals surface area contributed by atoms with Crippen LogP contribution in [0.1, 0.15) is 11.5 Å². The molecule has 8 heteroatoms. The van der Waals surface area contributed by atoms with Crippen molar-refractivity contribution in [2.45, 2.75) is 11.3 Å². The maximum atomic E-state index is 12.2. The van der Waals surface area contributed by atoms with E-state index in [0.717, 1.165) is 11.3 Å². The van der Waals surface area contributed by atoms with Gasteiger partial charge in [0.1, 0.15) is 0 Å².